The minimum atomic E-state index is -4.69. The quantitative estimate of drug-likeness (QED) is 0.761. The number of halogens is 3. The molecule has 1 saturated heterocycles. The number of nitrogens with zero attached hydrogens (tertiary/aromatic N) is 1. The van der Waals surface area contributed by atoms with Crippen LogP contribution in [0.2, 0.25) is 0 Å². The number of hydrogen-bond donors (Lipinski definition) is 2. The molecule has 0 saturated carbocycles. The standard InChI is InChI=1S/C11H10F3N3O3/c12-11(13,14)7-2-1-6(9(19)16-7)10(20)17-4-3-15-8(18)5-17/h1-2H,3-5H2,(H,15,18)(H,16,19). The number of aromatic nitrogens is 1. The first-order valence-corrected chi connectivity index (χ1v) is 5.65. The molecule has 1 fully saturated rings. The zero-order valence-electron chi connectivity index (χ0n) is 10.1. The van der Waals surface area contributed by atoms with E-state index in [0.29, 0.717) is 6.07 Å². The molecule has 2 amide bonds. The Morgan fingerprint density at radius 2 is 1.95 bits per heavy atom. The average Bonchev–Trinajstić information content (AvgIpc) is 2.36. The fourth-order valence-electron chi connectivity index (χ4n) is 1.79. The van der Waals surface area contributed by atoms with Crippen LogP contribution in [0, 0.1) is 0 Å². The molecule has 2 heterocycles. The van der Waals surface area contributed by atoms with Crippen LogP contribution in [0.1, 0.15) is 16.1 Å². The summed E-state index contributed by atoms with van der Waals surface area (Å²) >= 11 is 0. The van der Waals surface area contributed by atoms with Crippen molar-refractivity contribution in [3.63, 3.8) is 0 Å². The van der Waals surface area contributed by atoms with Crippen molar-refractivity contribution in [2.45, 2.75) is 6.18 Å². The van der Waals surface area contributed by atoms with E-state index in [0.717, 1.165) is 11.0 Å². The lowest BCUT2D eigenvalue weighted by molar-refractivity contribution is -0.141. The van der Waals surface area contributed by atoms with Crippen LogP contribution in [-0.2, 0) is 11.0 Å². The lowest BCUT2D eigenvalue weighted by Crippen LogP contribution is -2.50. The highest BCUT2D eigenvalue weighted by Gasteiger charge is 2.33. The predicted octanol–water partition coefficient (Wildman–Crippen LogP) is -0.0343. The third-order valence-electron chi connectivity index (χ3n) is 2.77. The van der Waals surface area contributed by atoms with Crippen molar-refractivity contribution in [1.29, 1.82) is 0 Å². The average molecular weight is 289 g/mol. The first-order valence-electron chi connectivity index (χ1n) is 5.65. The minimum absolute atomic E-state index is 0.199. The van der Waals surface area contributed by atoms with Crippen LogP contribution in [0.4, 0.5) is 13.2 Å². The summed E-state index contributed by atoms with van der Waals surface area (Å²) in [6.45, 7) is 0.216. The molecule has 1 aromatic heterocycles. The van der Waals surface area contributed by atoms with Gasteiger partial charge < -0.3 is 15.2 Å². The summed E-state index contributed by atoms with van der Waals surface area (Å²) in [5, 5.41) is 2.49. The third kappa shape index (κ3) is 2.81. The van der Waals surface area contributed by atoms with Gasteiger partial charge in [0.1, 0.15) is 11.3 Å². The van der Waals surface area contributed by atoms with Gasteiger partial charge in [0.15, 0.2) is 0 Å². The molecule has 108 valence electrons. The number of amides is 2. The zero-order chi connectivity index (χ0) is 14.9. The summed E-state index contributed by atoms with van der Waals surface area (Å²) in [5.41, 5.74) is -2.78. The largest absolute Gasteiger partial charge is 0.431 e. The second-order valence-electron chi connectivity index (χ2n) is 4.19. The Morgan fingerprint density at radius 3 is 2.50 bits per heavy atom. The molecule has 0 spiro atoms. The molecule has 0 atom stereocenters. The smallest absolute Gasteiger partial charge is 0.353 e. The SMILES string of the molecule is O=C1CN(C(=O)c2ccc(C(F)(F)F)[nH]c2=O)CCN1. The van der Waals surface area contributed by atoms with Gasteiger partial charge in [-0.3, -0.25) is 14.4 Å². The van der Waals surface area contributed by atoms with Gasteiger partial charge in [-0.15, -0.1) is 0 Å². The molecule has 1 aliphatic heterocycles. The summed E-state index contributed by atoms with van der Waals surface area (Å²) in [5.74, 6) is -1.15. The van der Waals surface area contributed by atoms with Crippen molar-refractivity contribution in [3.8, 4) is 0 Å². The highest BCUT2D eigenvalue weighted by Crippen LogP contribution is 2.26. The molecular formula is C11H10F3N3O3. The monoisotopic (exact) mass is 289 g/mol. The third-order valence-corrected chi connectivity index (χ3v) is 2.77. The Hall–Kier alpha value is -2.32. The Balaban J connectivity index is 2.27. The number of carbonyl (C=O) groups is 2. The van der Waals surface area contributed by atoms with Gasteiger partial charge in [0.25, 0.3) is 11.5 Å². The maximum atomic E-state index is 12.4. The molecule has 1 aromatic rings. The lowest BCUT2D eigenvalue weighted by Gasteiger charge is -2.26. The normalized spacial score (nSPS) is 15.9. The molecule has 2 N–H and O–H groups in total. The number of H-pyrrole nitrogens is 1. The second-order valence-corrected chi connectivity index (χ2v) is 4.19. The number of alkyl halides is 3. The van der Waals surface area contributed by atoms with E-state index < -0.39 is 28.9 Å². The number of carbonyl (C=O) groups excluding carboxylic acids is 2. The topological polar surface area (TPSA) is 82.3 Å². The Labute approximate surface area is 110 Å². The molecule has 0 aliphatic carbocycles. The van der Waals surface area contributed by atoms with E-state index in [1.807, 2.05) is 0 Å². The van der Waals surface area contributed by atoms with Crippen molar-refractivity contribution in [3.05, 3.63) is 33.7 Å². The van der Waals surface area contributed by atoms with Gasteiger partial charge in [-0.25, -0.2) is 0 Å². The van der Waals surface area contributed by atoms with E-state index in [2.05, 4.69) is 5.32 Å². The van der Waals surface area contributed by atoms with Crippen LogP contribution in [-0.4, -0.2) is 41.3 Å². The van der Waals surface area contributed by atoms with Gasteiger partial charge in [-0.1, -0.05) is 0 Å². The predicted molar refractivity (Wildman–Crippen MR) is 61.0 cm³/mol. The maximum Gasteiger partial charge on any atom is 0.431 e. The molecule has 9 heteroatoms. The van der Waals surface area contributed by atoms with Gasteiger partial charge in [0, 0.05) is 13.1 Å². The molecular weight excluding hydrogens is 279 g/mol. The first kappa shape index (κ1) is 14.1. The molecule has 6 nitrogen and oxygen atoms in total. The molecule has 0 aromatic carbocycles. The van der Waals surface area contributed by atoms with Crippen LogP contribution in [0.3, 0.4) is 0 Å². The van der Waals surface area contributed by atoms with Crippen molar-refractivity contribution < 1.29 is 22.8 Å². The molecule has 2 rings (SSSR count). The highest BCUT2D eigenvalue weighted by molar-refractivity contribution is 5.96. The van der Waals surface area contributed by atoms with Gasteiger partial charge in [-0.2, -0.15) is 13.2 Å². The van der Waals surface area contributed by atoms with E-state index in [1.54, 1.807) is 4.98 Å². The number of piperazine rings is 1. The summed E-state index contributed by atoms with van der Waals surface area (Å²) in [7, 11) is 0. The van der Waals surface area contributed by atoms with Crippen LogP contribution in [0.5, 0.6) is 0 Å². The fraction of sp³-hybridized carbons (Fsp3) is 0.364. The van der Waals surface area contributed by atoms with E-state index in [9.17, 15) is 27.6 Å². The van der Waals surface area contributed by atoms with Gasteiger partial charge >= 0.3 is 6.18 Å². The highest BCUT2D eigenvalue weighted by atomic mass is 19.4. The summed E-state index contributed by atoms with van der Waals surface area (Å²) < 4.78 is 37.2. The Bertz CT molecular complexity index is 609. The van der Waals surface area contributed by atoms with Crippen molar-refractivity contribution in [2.24, 2.45) is 0 Å². The zero-order valence-corrected chi connectivity index (χ0v) is 10.1. The number of pyridine rings is 1. The Kier molecular flexibility index (Phi) is 3.51. The summed E-state index contributed by atoms with van der Waals surface area (Å²) in [6, 6.07) is 1.44. The number of nitrogens with one attached hydrogen (secondary N) is 2. The second kappa shape index (κ2) is 4.99. The van der Waals surface area contributed by atoms with Gasteiger partial charge in [-0.05, 0) is 12.1 Å². The van der Waals surface area contributed by atoms with Crippen LogP contribution >= 0.6 is 0 Å². The first-order chi connectivity index (χ1) is 9.29. The molecule has 0 unspecified atom stereocenters. The van der Waals surface area contributed by atoms with Crippen molar-refractivity contribution >= 4 is 11.8 Å². The van der Waals surface area contributed by atoms with E-state index in [4.69, 9.17) is 0 Å². The molecule has 0 radical (unpaired) electrons. The summed E-state index contributed by atoms with van der Waals surface area (Å²) in [4.78, 5) is 37.4. The van der Waals surface area contributed by atoms with Gasteiger partial charge in [0.2, 0.25) is 5.91 Å². The molecule has 0 bridgehead atoms. The van der Waals surface area contributed by atoms with Crippen LogP contribution in [0.25, 0.3) is 0 Å². The lowest BCUT2D eigenvalue weighted by atomic mass is 10.2. The van der Waals surface area contributed by atoms with E-state index in [1.165, 1.54) is 0 Å². The van der Waals surface area contributed by atoms with Gasteiger partial charge in [0.05, 0.1) is 6.54 Å². The fourth-order valence-corrected chi connectivity index (χ4v) is 1.79. The molecule has 20 heavy (non-hydrogen) atoms. The van der Waals surface area contributed by atoms with Crippen molar-refractivity contribution in [2.75, 3.05) is 19.6 Å². The molecule has 1 aliphatic rings. The van der Waals surface area contributed by atoms with E-state index in [-0.39, 0.29) is 25.5 Å². The number of aromatic amines is 1. The van der Waals surface area contributed by atoms with E-state index >= 15 is 0 Å². The Morgan fingerprint density at radius 1 is 1.25 bits per heavy atom. The van der Waals surface area contributed by atoms with Crippen molar-refractivity contribution in [1.82, 2.24) is 15.2 Å². The number of rotatable bonds is 1. The van der Waals surface area contributed by atoms with Crippen LogP contribution in [0.15, 0.2) is 16.9 Å². The number of hydrogen-bond acceptors (Lipinski definition) is 3. The van der Waals surface area contributed by atoms with Crippen LogP contribution < -0.4 is 10.9 Å². The maximum absolute atomic E-state index is 12.4. The minimum Gasteiger partial charge on any atom is -0.353 e. The summed E-state index contributed by atoms with van der Waals surface area (Å²) in [6.07, 6.45) is -4.69.